The maximum Gasteiger partial charge on any atom is 0.303 e. The van der Waals surface area contributed by atoms with E-state index in [9.17, 15) is 67.3 Å². The largest absolute Gasteiger partial charge is 0.508 e. The number of carbonyl (C=O) groups excluding carboxylic acids is 13. The Morgan fingerprint density at radius 2 is 1.31 bits per heavy atom. The summed E-state index contributed by atoms with van der Waals surface area (Å²) in [5.74, 6) is -17.2. The number of amides is 13. The van der Waals surface area contributed by atoms with Crippen LogP contribution in [0.2, 0.25) is 0 Å². The Morgan fingerprint density at radius 1 is 0.685 bits per heavy atom. The Bertz CT molecular complexity index is 3940. The molecule has 11 atom stereocenters. The summed E-state index contributed by atoms with van der Waals surface area (Å²) in [6, 6.07) is -1.70. The number of aromatic amines is 1. The van der Waals surface area contributed by atoms with Gasteiger partial charge in [0.25, 0.3) is 0 Å². The molecule has 0 spiro atoms. The van der Waals surface area contributed by atoms with Gasteiger partial charge in [0.1, 0.15) is 77.8 Å². The van der Waals surface area contributed by atoms with Crippen molar-refractivity contribution in [2.75, 3.05) is 31.1 Å². The van der Waals surface area contributed by atoms with Gasteiger partial charge in [0.15, 0.2) is 5.96 Å². The van der Waals surface area contributed by atoms with Crippen LogP contribution in [0.4, 0.5) is 8.78 Å². The lowest BCUT2D eigenvalue weighted by Gasteiger charge is -2.30. The average Bonchev–Trinajstić information content (AvgIpc) is 1.64. The van der Waals surface area contributed by atoms with Gasteiger partial charge in [-0.05, 0) is 117 Å². The second-order valence-corrected chi connectivity index (χ2v) is 29.3. The Labute approximate surface area is 627 Å². The molecule has 108 heavy (non-hydrogen) atoms. The van der Waals surface area contributed by atoms with E-state index in [0.29, 0.717) is 43.2 Å². The number of primary amides is 2. The van der Waals surface area contributed by atoms with E-state index in [1.54, 1.807) is 6.92 Å². The molecule has 3 fully saturated rings. The third-order valence-electron chi connectivity index (χ3n) is 18.3. The van der Waals surface area contributed by atoms with Crippen molar-refractivity contribution in [2.24, 2.45) is 39.6 Å². The summed E-state index contributed by atoms with van der Waals surface area (Å²) in [7, 11) is 1.65. The molecular formula is C70H94F2N18O16S2. The standard InChI is InChI=1S/C70H94F2N18O16S2/c1-36(73)28-57(94)90-27-7-13-54(90)68(105)85-49(29-37-14-17-42(91)18-15-37)64(101)88-53-35-108-107-34-52(60(75)97)87-63(100)48(21-23-58(95)96)83-66(103)51(31-40-33-80-45-19-16-41(71)32-43(40)45)84-62(99)47(20-22-55(74)92)81-56(93)24-26-78-61(98)46(12-6-25-79-70(76)77)82-65(102)50(30-39-10-4-5-11-44(39)72)86-69(106)59(89-67(53)104)38-8-2-3-9-38/h4-5,10-11,14-19,32-33,36,38,46-54,59,80,91H,2-3,6-9,12-13,20-31,34-35,73H2,1H3,(H2,74,92)(H2,75,97)(H,78,98)(H,81,93)(H,82,102)(H,83,103)(H,84,99)(H,85,105)(H,86,106)(H,87,100)(H,88,101)(H,89,104)(H,95,96)(H4,76,77,79)/t36-,46+,47-,48+,49+,50+,51+,52+,53+,54+,59+/m1/s1. The number of carbonyl (C=O) groups is 14. The van der Waals surface area contributed by atoms with Gasteiger partial charge in [0, 0.05) is 99.2 Å². The molecule has 7 rings (SSSR count). The van der Waals surface area contributed by atoms with Crippen molar-refractivity contribution in [1.29, 1.82) is 0 Å². The van der Waals surface area contributed by atoms with Crippen molar-refractivity contribution in [1.82, 2.24) is 63.1 Å². The van der Waals surface area contributed by atoms with Crippen molar-refractivity contribution in [2.45, 2.75) is 183 Å². The summed E-state index contributed by atoms with van der Waals surface area (Å²) in [6.07, 6.45) is -0.558. The van der Waals surface area contributed by atoms with Crippen molar-refractivity contribution < 1.29 is 86.1 Å². The number of carboxylic acid groups (broad SMARTS) is 1. The molecule has 1 aromatic heterocycles. The highest BCUT2D eigenvalue weighted by molar-refractivity contribution is 8.76. The van der Waals surface area contributed by atoms with E-state index in [4.69, 9.17) is 28.7 Å². The second kappa shape index (κ2) is 41.5. The van der Waals surface area contributed by atoms with Crippen LogP contribution in [-0.4, -0.2) is 206 Å². The van der Waals surface area contributed by atoms with E-state index in [2.05, 4.69) is 63.1 Å². The molecule has 0 unspecified atom stereocenters. The van der Waals surface area contributed by atoms with Gasteiger partial charge in [-0.25, -0.2) is 8.78 Å². The number of hydrogen-bond donors (Lipinski definition) is 18. The highest BCUT2D eigenvalue weighted by atomic mass is 33.1. The number of phenols is 1. The van der Waals surface area contributed by atoms with Crippen LogP contribution in [0.5, 0.6) is 5.75 Å². The van der Waals surface area contributed by atoms with E-state index < -0.39 is 230 Å². The van der Waals surface area contributed by atoms with Gasteiger partial charge in [-0.2, -0.15) is 0 Å². The van der Waals surface area contributed by atoms with Gasteiger partial charge < -0.3 is 102 Å². The fourth-order valence-corrected chi connectivity index (χ4v) is 15.0. The first-order valence-corrected chi connectivity index (χ1v) is 37.8. The fourth-order valence-electron chi connectivity index (χ4n) is 12.6. The predicted octanol–water partition coefficient (Wildman–Crippen LogP) is -1.97. The molecular weight excluding hydrogens is 1450 g/mol. The van der Waals surface area contributed by atoms with Gasteiger partial charge >= 0.3 is 5.97 Å². The van der Waals surface area contributed by atoms with E-state index >= 15 is 18.8 Å². The smallest absolute Gasteiger partial charge is 0.303 e. The van der Waals surface area contributed by atoms with Crippen LogP contribution in [0.15, 0.2) is 77.9 Å². The van der Waals surface area contributed by atoms with Crippen molar-refractivity contribution in [3.05, 3.63) is 101 Å². The highest BCUT2D eigenvalue weighted by Crippen LogP contribution is 2.30. The van der Waals surface area contributed by atoms with Crippen LogP contribution in [0.25, 0.3) is 10.9 Å². The lowest BCUT2D eigenvalue weighted by Crippen LogP contribution is -2.61. The Hall–Kier alpha value is -10.6. The van der Waals surface area contributed by atoms with Gasteiger partial charge in [-0.1, -0.05) is 64.8 Å². The maximum atomic E-state index is 15.7. The summed E-state index contributed by atoms with van der Waals surface area (Å²) >= 11 is 0. The molecule has 13 amide bonds. The zero-order chi connectivity index (χ0) is 78.7. The number of aliphatic imine (C=N–C) groups is 1. The number of nitrogens with two attached hydrogens (primary N) is 5. The number of aliphatic carboxylic acids is 1. The fraction of sp³-hybridized carbons (Fsp3) is 0.500. The third-order valence-corrected chi connectivity index (χ3v) is 20.7. The van der Waals surface area contributed by atoms with E-state index in [0.717, 1.165) is 39.8 Å². The van der Waals surface area contributed by atoms with Crippen LogP contribution in [0, 0.1) is 17.6 Å². The number of H-pyrrole nitrogens is 1. The minimum Gasteiger partial charge on any atom is -0.508 e. The maximum absolute atomic E-state index is 15.7. The average molecular weight is 1550 g/mol. The summed E-state index contributed by atoms with van der Waals surface area (Å²) in [5.41, 5.74) is 29.5. The zero-order valence-corrected chi connectivity index (χ0v) is 61.0. The number of guanidine groups is 1. The molecule has 1 aliphatic carbocycles. The van der Waals surface area contributed by atoms with Crippen LogP contribution >= 0.6 is 21.6 Å². The summed E-state index contributed by atoms with van der Waals surface area (Å²) in [4.78, 5) is 206. The Morgan fingerprint density at radius 3 is 1.96 bits per heavy atom. The van der Waals surface area contributed by atoms with Gasteiger partial charge in [0.05, 0.1) is 0 Å². The number of likely N-dealkylation sites (tertiary alicyclic amines) is 1. The lowest BCUT2D eigenvalue weighted by atomic mass is 9.95. The normalized spacial score (nSPS) is 23.0. The first kappa shape index (κ1) is 84.6. The molecule has 2 aliphatic heterocycles. The van der Waals surface area contributed by atoms with Gasteiger partial charge in [-0.3, -0.25) is 72.1 Å². The minimum atomic E-state index is -1.81. The number of hydrogen-bond acceptors (Lipinski definition) is 19. The summed E-state index contributed by atoms with van der Waals surface area (Å²) in [5, 5.41) is 46.2. The monoisotopic (exact) mass is 1540 g/mol. The van der Waals surface area contributed by atoms with E-state index in [1.807, 2.05) is 0 Å². The lowest BCUT2D eigenvalue weighted by molar-refractivity contribution is -0.140. The number of carboxylic acids is 1. The van der Waals surface area contributed by atoms with Gasteiger partial charge in [0.2, 0.25) is 76.8 Å². The molecule has 23 N–H and O–H groups in total. The van der Waals surface area contributed by atoms with E-state index in [-0.39, 0.29) is 73.4 Å². The molecule has 0 radical (unpaired) electrons. The second-order valence-electron chi connectivity index (χ2n) is 26.8. The van der Waals surface area contributed by atoms with Crippen LogP contribution < -0.4 is 81.8 Å². The molecule has 0 bridgehead atoms. The number of halogens is 2. The van der Waals surface area contributed by atoms with E-state index in [1.165, 1.54) is 59.6 Å². The predicted molar refractivity (Wildman–Crippen MR) is 393 cm³/mol. The van der Waals surface area contributed by atoms with Crippen LogP contribution in [0.3, 0.4) is 0 Å². The Kier molecular flexibility index (Phi) is 32.5. The summed E-state index contributed by atoms with van der Waals surface area (Å²) < 4.78 is 30.5. The van der Waals surface area contributed by atoms with Crippen LogP contribution in [0.1, 0.15) is 114 Å². The van der Waals surface area contributed by atoms with Gasteiger partial charge in [-0.15, -0.1) is 0 Å². The topological polar surface area (TPSA) is 561 Å². The molecule has 3 aromatic carbocycles. The number of benzene rings is 3. The number of nitrogens with one attached hydrogen (secondary N) is 11. The number of phenolic OH excluding ortho intramolecular Hbond substituents is 1. The minimum absolute atomic E-state index is 0.0405. The number of rotatable bonds is 24. The van der Waals surface area contributed by atoms with Crippen LogP contribution in [-0.2, 0) is 86.4 Å². The molecule has 4 aromatic rings. The third kappa shape index (κ3) is 26.4. The number of fused-ring (bicyclic) bond motifs is 1. The first-order valence-electron chi connectivity index (χ1n) is 35.3. The molecule has 3 heterocycles. The zero-order valence-electron chi connectivity index (χ0n) is 59.4. The number of aromatic hydroxyl groups is 1. The number of aromatic nitrogens is 1. The van der Waals surface area contributed by atoms with Crippen molar-refractivity contribution in [3.63, 3.8) is 0 Å². The van der Waals surface area contributed by atoms with Crippen molar-refractivity contribution in [3.8, 4) is 5.75 Å². The first-order chi connectivity index (χ1) is 51.4. The summed E-state index contributed by atoms with van der Waals surface area (Å²) in [6.45, 7) is 1.29. The van der Waals surface area contributed by atoms with Crippen molar-refractivity contribution >= 4 is 121 Å². The molecule has 1 saturated carbocycles. The molecule has 586 valence electrons. The quantitative estimate of drug-likeness (QED) is 0.0157. The molecule has 2 saturated heterocycles. The Balaban J connectivity index is 1.29. The SMILES string of the molecule is C[C@@H](N)CC(=O)N1CCC[C@H]1C(=O)N[C@@H](Cc1ccc(O)cc1)C(=O)N[C@H]1CSSC[C@@H](C(N)=O)NC(=O)[C@H](CCC(=O)O)NC(=O)[C@H](Cc2c[nH]c3ccc(F)cc23)NC(=O)[C@@H](CCC(N)=O)NC(=O)CCNC(=O)[C@H](CCCN=C(N)N)NC(=O)[C@H](Cc2ccccc2F)NC(=O)[C@H](C2CCCC2)NC1=O. The number of nitrogens with zero attached hydrogens (tertiary/aromatic N) is 2. The molecule has 34 nitrogen and oxygen atoms in total. The highest BCUT2D eigenvalue weighted by Gasteiger charge is 2.41. The molecule has 38 heteroatoms. The molecule has 3 aliphatic rings.